The summed E-state index contributed by atoms with van der Waals surface area (Å²) in [4.78, 5) is 15.7. The third kappa shape index (κ3) is 1.12. The number of nitrogens with zero attached hydrogens (tertiary/aromatic N) is 2. The summed E-state index contributed by atoms with van der Waals surface area (Å²) in [6, 6.07) is 1.14. The van der Waals surface area contributed by atoms with Crippen LogP contribution in [0, 0.1) is 0 Å². The van der Waals surface area contributed by atoms with E-state index in [1.807, 2.05) is 11.9 Å². The van der Waals surface area contributed by atoms with Crippen molar-refractivity contribution in [3.05, 3.63) is 0 Å². The fraction of sp³-hybridized carbons (Fsp3) is 0.889. The summed E-state index contributed by atoms with van der Waals surface area (Å²) >= 11 is 0. The van der Waals surface area contributed by atoms with Gasteiger partial charge in [0.05, 0.1) is 0 Å². The maximum Gasteiger partial charge on any atom is 0.223 e. The molecule has 2 bridgehead atoms. The summed E-state index contributed by atoms with van der Waals surface area (Å²) in [6.07, 6.45) is 3.20. The molecule has 2 atom stereocenters. The summed E-state index contributed by atoms with van der Waals surface area (Å²) in [5.74, 6) is 0.314. The molecule has 0 radical (unpaired) electrons. The molecule has 0 aliphatic carbocycles. The highest BCUT2D eigenvalue weighted by Gasteiger charge is 2.36. The van der Waals surface area contributed by atoms with E-state index in [9.17, 15) is 4.79 Å². The SMILES string of the molecule is CN1CC2CCC(CC1=O)N2C. The molecule has 2 unspecified atom stereocenters. The van der Waals surface area contributed by atoms with Gasteiger partial charge in [-0.15, -0.1) is 0 Å². The number of hydrogen-bond acceptors (Lipinski definition) is 2. The molecule has 2 saturated heterocycles. The fourth-order valence-corrected chi connectivity index (χ4v) is 2.33. The second-order valence-electron chi connectivity index (χ2n) is 4.03. The number of hydrogen-bond donors (Lipinski definition) is 0. The number of amides is 1. The minimum absolute atomic E-state index is 0.314. The third-order valence-corrected chi connectivity index (χ3v) is 3.31. The Labute approximate surface area is 73.3 Å². The topological polar surface area (TPSA) is 23.6 Å². The molecular formula is C9H16N2O. The maximum absolute atomic E-state index is 11.4. The lowest BCUT2D eigenvalue weighted by molar-refractivity contribution is -0.130. The van der Waals surface area contributed by atoms with E-state index in [1.54, 1.807) is 0 Å². The van der Waals surface area contributed by atoms with Crippen LogP contribution in [0.4, 0.5) is 0 Å². The zero-order valence-corrected chi connectivity index (χ0v) is 7.79. The Kier molecular flexibility index (Phi) is 1.83. The lowest BCUT2D eigenvalue weighted by Gasteiger charge is -2.22. The molecule has 3 nitrogen and oxygen atoms in total. The van der Waals surface area contributed by atoms with Crippen molar-refractivity contribution in [3.63, 3.8) is 0 Å². The molecule has 0 aromatic rings. The van der Waals surface area contributed by atoms with Gasteiger partial charge in [-0.2, -0.15) is 0 Å². The first kappa shape index (κ1) is 8.05. The average molecular weight is 168 g/mol. The molecule has 0 aromatic carbocycles. The molecule has 0 aromatic heterocycles. The van der Waals surface area contributed by atoms with Gasteiger partial charge >= 0.3 is 0 Å². The van der Waals surface area contributed by atoms with Gasteiger partial charge in [-0.1, -0.05) is 0 Å². The number of likely N-dealkylation sites (tertiary alicyclic amines) is 1. The second kappa shape index (κ2) is 2.73. The van der Waals surface area contributed by atoms with Crippen LogP contribution in [-0.2, 0) is 4.79 Å². The molecule has 2 aliphatic heterocycles. The molecule has 0 spiro atoms. The van der Waals surface area contributed by atoms with Gasteiger partial charge in [-0.3, -0.25) is 9.69 Å². The van der Waals surface area contributed by atoms with E-state index >= 15 is 0 Å². The predicted octanol–water partition coefficient (Wildman–Crippen LogP) is 0.311. The summed E-state index contributed by atoms with van der Waals surface area (Å²) in [5, 5.41) is 0. The number of carbonyl (C=O) groups excluding carboxylic acids is 1. The third-order valence-electron chi connectivity index (χ3n) is 3.31. The van der Waals surface area contributed by atoms with Gasteiger partial charge in [0.1, 0.15) is 0 Å². The summed E-state index contributed by atoms with van der Waals surface area (Å²) in [7, 11) is 4.06. The Balaban J connectivity index is 2.16. The van der Waals surface area contributed by atoms with E-state index in [4.69, 9.17) is 0 Å². The molecular weight excluding hydrogens is 152 g/mol. The molecule has 68 valence electrons. The van der Waals surface area contributed by atoms with Crippen LogP contribution in [-0.4, -0.2) is 48.4 Å². The van der Waals surface area contributed by atoms with E-state index in [0.29, 0.717) is 18.0 Å². The van der Waals surface area contributed by atoms with Crippen molar-refractivity contribution in [3.8, 4) is 0 Å². The van der Waals surface area contributed by atoms with Crippen LogP contribution in [0.3, 0.4) is 0 Å². The first-order valence-corrected chi connectivity index (χ1v) is 4.64. The average Bonchev–Trinajstić information content (AvgIpc) is 2.30. The monoisotopic (exact) mass is 168 g/mol. The van der Waals surface area contributed by atoms with Gasteiger partial charge in [0, 0.05) is 32.1 Å². The smallest absolute Gasteiger partial charge is 0.223 e. The van der Waals surface area contributed by atoms with Crippen LogP contribution in [0.25, 0.3) is 0 Å². The van der Waals surface area contributed by atoms with Crippen LogP contribution < -0.4 is 0 Å². The molecule has 3 heteroatoms. The Bertz CT molecular complexity index is 205. The standard InChI is InChI=1S/C9H16N2O/c1-10-6-8-4-3-7(11(8)2)5-9(10)12/h7-8H,3-6H2,1-2H3. The molecule has 2 aliphatic rings. The van der Waals surface area contributed by atoms with Crippen LogP contribution in [0.15, 0.2) is 0 Å². The highest BCUT2D eigenvalue weighted by molar-refractivity contribution is 5.77. The van der Waals surface area contributed by atoms with Crippen LogP contribution >= 0.6 is 0 Å². The highest BCUT2D eigenvalue weighted by atomic mass is 16.2. The van der Waals surface area contributed by atoms with E-state index in [0.717, 1.165) is 13.0 Å². The largest absolute Gasteiger partial charge is 0.344 e. The van der Waals surface area contributed by atoms with Gasteiger partial charge in [-0.05, 0) is 19.9 Å². The van der Waals surface area contributed by atoms with Gasteiger partial charge in [-0.25, -0.2) is 0 Å². The van der Waals surface area contributed by atoms with Crippen molar-refractivity contribution in [2.24, 2.45) is 0 Å². The molecule has 2 fully saturated rings. The number of likely N-dealkylation sites (N-methyl/N-ethyl adjacent to an activating group) is 2. The van der Waals surface area contributed by atoms with Crippen LogP contribution in [0.5, 0.6) is 0 Å². The number of carbonyl (C=O) groups is 1. The van der Waals surface area contributed by atoms with E-state index in [-0.39, 0.29) is 0 Å². The van der Waals surface area contributed by atoms with E-state index < -0.39 is 0 Å². The quantitative estimate of drug-likeness (QED) is 0.520. The molecule has 2 rings (SSSR count). The van der Waals surface area contributed by atoms with Gasteiger partial charge in [0.25, 0.3) is 0 Å². The summed E-state index contributed by atoms with van der Waals surface area (Å²) in [5.41, 5.74) is 0. The number of rotatable bonds is 0. The Morgan fingerprint density at radius 1 is 1.25 bits per heavy atom. The van der Waals surface area contributed by atoms with Gasteiger partial charge in [0.2, 0.25) is 5.91 Å². The molecule has 12 heavy (non-hydrogen) atoms. The second-order valence-corrected chi connectivity index (χ2v) is 4.03. The molecule has 1 amide bonds. The molecule has 0 saturated carbocycles. The number of fused-ring (bicyclic) bond motifs is 2. The van der Waals surface area contributed by atoms with Crippen molar-refractivity contribution in [1.82, 2.24) is 9.80 Å². The lowest BCUT2D eigenvalue weighted by Crippen LogP contribution is -2.35. The predicted molar refractivity (Wildman–Crippen MR) is 46.8 cm³/mol. The first-order chi connectivity index (χ1) is 5.68. The molecule has 0 N–H and O–H groups in total. The summed E-state index contributed by atoms with van der Waals surface area (Å²) in [6.45, 7) is 0.922. The minimum Gasteiger partial charge on any atom is -0.344 e. The van der Waals surface area contributed by atoms with Gasteiger partial charge < -0.3 is 4.90 Å². The van der Waals surface area contributed by atoms with Crippen LogP contribution in [0.2, 0.25) is 0 Å². The van der Waals surface area contributed by atoms with Crippen molar-refractivity contribution >= 4 is 5.91 Å². The Hall–Kier alpha value is -0.570. The minimum atomic E-state index is 0.314. The van der Waals surface area contributed by atoms with Crippen LogP contribution in [0.1, 0.15) is 19.3 Å². The van der Waals surface area contributed by atoms with Gasteiger partial charge in [0.15, 0.2) is 0 Å². The maximum atomic E-state index is 11.4. The summed E-state index contributed by atoms with van der Waals surface area (Å²) < 4.78 is 0. The molecule has 2 heterocycles. The van der Waals surface area contributed by atoms with Crippen molar-refractivity contribution in [2.75, 3.05) is 20.6 Å². The zero-order valence-electron chi connectivity index (χ0n) is 7.79. The Morgan fingerprint density at radius 3 is 2.67 bits per heavy atom. The lowest BCUT2D eigenvalue weighted by atomic mass is 10.1. The normalized spacial score (nSPS) is 37.2. The van der Waals surface area contributed by atoms with Crippen molar-refractivity contribution in [2.45, 2.75) is 31.3 Å². The zero-order chi connectivity index (χ0) is 8.72. The van der Waals surface area contributed by atoms with E-state index in [1.165, 1.54) is 12.8 Å². The van der Waals surface area contributed by atoms with Crippen molar-refractivity contribution in [1.29, 1.82) is 0 Å². The van der Waals surface area contributed by atoms with E-state index in [2.05, 4.69) is 11.9 Å². The highest BCUT2D eigenvalue weighted by Crippen LogP contribution is 2.28. The first-order valence-electron chi connectivity index (χ1n) is 4.64. The van der Waals surface area contributed by atoms with Crippen molar-refractivity contribution < 1.29 is 4.79 Å². The Morgan fingerprint density at radius 2 is 1.92 bits per heavy atom. The fourth-order valence-electron chi connectivity index (χ4n) is 2.33.